The fourth-order valence-electron chi connectivity index (χ4n) is 11.6. The van der Waals surface area contributed by atoms with E-state index in [1.54, 1.807) is 54.1 Å². The summed E-state index contributed by atoms with van der Waals surface area (Å²) in [6.45, 7) is 15.4. The van der Waals surface area contributed by atoms with Crippen molar-refractivity contribution in [3.63, 3.8) is 0 Å². The van der Waals surface area contributed by atoms with Crippen molar-refractivity contribution in [2.45, 2.75) is 197 Å². The van der Waals surface area contributed by atoms with E-state index in [0.717, 1.165) is 16.0 Å². The third-order valence-corrected chi connectivity index (χ3v) is 17.5. The lowest BCUT2D eigenvalue weighted by Crippen LogP contribution is -2.61. The van der Waals surface area contributed by atoms with Gasteiger partial charge in [0.05, 0.1) is 64.3 Å². The number of Topliss-reactive ketones (excluding diaryl/α,β-unsaturated/α-hetero) is 1. The van der Waals surface area contributed by atoms with Gasteiger partial charge in [-0.2, -0.15) is 0 Å². The number of anilines is 1. The van der Waals surface area contributed by atoms with Crippen molar-refractivity contribution in [3.8, 4) is 10.4 Å². The highest BCUT2D eigenvalue weighted by molar-refractivity contribution is 7.18. The molecule has 10 bridgehead atoms. The summed E-state index contributed by atoms with van der Waals surface area (Å²) in [4.78, 5) is 37.6. The molecule has 74 heavy (non-hydrogen) atoms. The van der Waals surface area contributed by atoms with Gasteiger partial charge >= 0.3 is 5.97 Å². The quantitative estimate of drug-likeness (QED) is 0.203. The summed E-state index contributed by atoms with van der Waals surface area (Å²) in [5.41, 5.74) is -2.32. The minimum absolute atomic E-state index is 0.0428. The number of carbonyl (C=O) groups excluding carboxylic acids is 2. The van der Waals surface area contributed by atoms with Crippen molar-refractivity contribution in [2.24, 2.45) is 17.8 Å². The Morgan fingerprint density at radius 1 is 0.932 bits per heavy atom. The summed E-state index contributed by atoms with van der Waals surface area (Å²) in [6, 6.07) is 5.63. The highest BCUT2D eigenvalue weighted by Crippen LogP contribution is 2.43. The van der Waals surface area contributed by atoms with Gasteiger partial charge in [0.2, 0.25) is 0 Å². The van der Waals surface area contributed by atoms with Crippen LogP contribution in [0.25, 0.3) is 10.4 Å². The van der Waals surface area contributed by atoms with Crippen molar-refractivity contribution >= 4 is 28.2 Å². The third kappa shape index (κ3) is 12.2. The van der Waals surface area contributed by atoms with Gasteiger partial charge in [-0.1, -0.05) is 61.6 Å². The first-order valence-electron chi connectivity index (χ1n) is 26.1. The maximum atomic E-state index is 15.2. The van der Waals surface area contributed by atoms with Gasteiger partial charge in [-0.25, -0.2) is 14.1 Å². The molecule has 0 spiro atoms. The first kappa shape index (κ1) is 58.1. The molecule has 3 aromatic rings. The molecule has 1 aromatic carbocycles. The van der Waals surface area contributed by atoms with E-state index in [9.17, 15) is 24.5 Å². The molecule has 3 saturated heterocycles. The number of esters is 1. The topological polar surface area (TPSA) is 228 Å². The number of aliphatic hydroxyl groups is 3. The van der Waals surface area contributed by atoms with Crippen LogP contribution < -0.4 is 5.32 Å². The van der Waals surface area contributed by atoms with E-state index in [0.29, 0.717) is 36.6 Å². The lowest BCUT2D eigenvalue weighted by molar-refractivity contribution is -0.309. The van der Waals surface area contributed by atoms with Crippen LogP contribution in [0.5, 0.6) is 0 Å². The molecule has 7 heterocycles. The maximum Gasteiger partial charge on any atom is 0.311 e. The second-order valence-electron chi connectivity index (χ2n) is 21.8. The van der Waals surface area contributed by atoms with E-state index in [1.807, 2.05) is 52.1 Å². The number of alkyl halides is 1. The molecule has 5 aliphatic heterocycles. The van der Waals surface area contributed by atoms with Crippen LogP contribution in [0, 0.1) is 17.8 Å². The van der Waals surface area contributed by atoms with Gasteiger partial charge < -0.3 is 63.4 Å². The zero-order chi connectivity index (χ0) is 54.0. The van der Waals surface area contributed by atoms with Gasteiger partial charge in [0.25, 0.3) is 0 Å². The molecule has 5 aliphatic rings. The number of hydrogen-bond acceptors (Lipinski definition) is 19. The van der Waals surface area contributed by atoms with E-state index in [1.165, 1.54) is 37.2 Å². The van der Waals surface area contributed by atoms with E-state index >= 15 is 4.79 Å². The molecular formula is C53H81FN6O13S. The number of benzene rings is 1. The number of nitrogens with one attached hydrogen (secondary N) is 1. The Kier molecular flexibility index (Phi) is 18.8. The largest absolute Gasteiger partial charge is 0.459 e. The summed E-state index contributed by atoms with van der Waals surface area (Å²) in [6.07, 6.45) is -4.24. The highest BCUT2D eigenvalue weighted by Gasteiger charge is 2.54. The van der Waals surface area contributed by atoms with Gasteiger partial charge in [0, 0.05) is 83.8 Å². The van der Waals surface area contributed by atoms with Crippen LogP contribution in [-0.4, -0.2) is 178 Å². The number of carbonyl (C=O) groups is 2. The molecule has 8 rings (SSSR count). The summed E-state index contributed by atoms with van der Waals surface area (Å²) in [7, 11) is 6.62. The normalized spacial score (nSPS) is 40.4. The smallest absolute Gasteiger partial charge is 0.311 e. The Balaban J connectivity index is 1.37. The van der Waals surface area contributed by atoms with Gasteiger partial charge in [-0.15, -0.1) is 5.10 Å². The molecule has 414 valence electrons. The average Bonchev–Trinajstić information content (AvgIpc) is 4.07. The van der Waals surface area contributed by atoms with Crippen LogP contribution in [0.3, 0.4) is 0 Å². The average molecular weight is 1060 g/mol. The molecule has 3 fully saturated rings. The Bertz CT molecular complexity index is 2330. The number of halogens is 1. The Labute approximate surface area is 439 Å². The zero-order valence-electron chi connectivity index (χ0n) is 45.3. The van der Waals surface area contributed by atoms with Gasteiger partial charge in [-0.05, 0) is 72.6 Å². The number of nitrogens with zero attached hydrogens (tertiary/aromatic N) is 5. The van der Waals surface area contributed by atoms with Crippen molar-refractivity contribution in [3.05, 3.63) is 47.9 Å². The number of aromatic nitrogens is 4. The number of rotatable bonds is 7. The molecule has 0 radical (unpaired) electrons. The maximum absolute atomic E-state index is 15.2. The first-order chi connectivity index (χ1) is 35.0. The van der Waals surface area contributed by atoms with Crippen LogP contribution in [0.1, 0.15) is 118 Å². The molecule has 0 unspecified atom stereocenters. The van der Waals surface area contributed by atoms with Crippen molar-refractivity contribution in [2.75, 3.05) is 46.9 Å². The summed E-state index contributed by atoms with van der Waals surface area (Å²) in [5.74, 6) is -4.21. The van der Waals surface area contributed by atoms with E-state index < -0.39 is 120 Å². The number of fused-ring (bicyclic) bond motifs is 5. The lowest BCUT2D eigenvalue weighted by atomic mass is 9.75. The number of ketones is 1. The number of cyclic esters (lactones) is 1. The standard InChI is InChI=1S/C53H81FN6O13S/c1-14-40-53(9,65)46(62)29(3)43(61)37-23-52(8,68-13)48(30(4)44(31(5)49(64)71-40)72-42-24-51(7,67-12)47(63)32(6)70-42)73-41-22-36(21-28(2)69-41)59(10)20-19-35-27-60(58-57-35)38(25-54)45(66-11)34-17-15-33(16-18-34)39-26-55-50(56-37)74-39/h15-18,26-32,36-38,40-42,44-48,62-63,65H,14,19-25H2,1-13H3,(H,55,56)/t28-,29+,30+,31-,32+,36+,37-,38-,40-,41+,42+,44+,45-,46-,47+,48-,51-,52-,53-/m1/s1. The number of likely N-dealkylation sites (N-methyl/N-ethyl adjacent to an activating group) is 1. The van der Waals surface area contributed by atoms with Crippen LogP contribution in [-0.2, 0) is 53.9 Å². The van der Waals surface area contributed by atoms with Crippen LogP contribution in [0.4, 0.5) is 9.52 Å². The van der Waals surface area contributed by atoms with E-state index in [4.69, 9.17) is 42.9 Å². The van der Waals surface area contributed by atoms with Crippen molar-refractivity contribution in [1.29, 1.82) is 0 Å². The third-order valence-electron chi connectivity index (χ3n) is 16.5. The van der Waals surface area contributed by atoms with Gasteiger partial charge in [0.1, 0.15) is 36.6 Å². The zero-order valence-corrected chi connectivity index (χ0v) is 46.1. The summed E-state index contributed by atoms with van der Waals surface area (Å²) in [5, 5.41) is 48.0. The molecule has 0 saturated carbocycles. The Morgan fingerprint density at radius 2 is 1.64 bits per heavy atom. The lowest BCUT2D eigenvalue weighted by Gasteiger charge is -2.49. The Morgan fingerprint density at radius 3 is 2.28 bits per heavy atom. The van der Waals surface area contributed by atoms with Crippen molar-refractivity contribution in [1.82, 2.24) is 24.9 Å². The van der Waals surface area contributed by atoms with E-state index in [-0.39, 0.29) is 31.4 Å². The fraction of sp³-hybridized carbons (Fsp3) is 0.755. The van der Waals surface area contributed by atoms with Crippen LogP contribution >= 0.6 is 11.3 Å². The number of thiazole rings is 1. The molecule has 19 atom stereocenters. The number of aliphatic hydroxyl groups excluding tert-OH is 2. The molecule has 2 aromatic heterocycles. The molecule has 0 amide bonds. The highest BCUT2D eigenvalue weighted by atomic mass is 32.1. The predicted molar refractivity (Wildman–Crippen MR) is 273 cm³/mol. The minimum atomic E-state index is -2.09. The van der Waals surface area contributed by atoms with Gasteiger partial charge in [-0.3, -0.25) is 9.59 Å². The molecule has 0 aliphatic carbocycles. The van der Waals surface area contributed by atoms with Crippen molar-refractivity contribution < 1.29 is 67.2 Å². The van der Waals surface area contributed by atoms with Gasteiger partial charge in [0.15, 0.2) is 23.5 Å². The van der Waals surface area contributed by atoms with E-state index in [2.05, 4.69) is 20.5 Å². The molecular weight excluding hydrogens is 980 g/mol. The molecule has 4 N–H and O–H groups in total. The number of methoxy groups -OCH3 is 3. The SMILES string of the molecule is CC[C@H]1OC(=O)[C@H](C)[C@@H](O[C@H]2C[C@@](C)(OC)[C@@H](O)[C@H](C)O2)[C@H](C)[C@H]2O[C@H]3C[C@H](C[C@@H](C)O3)N(C)CCc3cn(nn3)[C@H](CF)[C@H](OC)c3ccc(cc3)-c3cnc(s3)N[C@H](C[C@@]2(C)OC)C(=O)[C@H](C)[C@@H](O)[C@]1(C)O. The minimum Gasteiger partial charge on any atom is -0.459 e. The Hall–Kier alpha value is -3.58. The molecule has 19 nitrogen and oxygen atoms in total. The number of hydrogen-bond donors (Lipinski definition) is 4. The second kappa shape index (κ2) is 24.0. The summed E-state index contributed by atoms with van der Waals surface area (Å²) >= 11 is 1.31. The summed E-state index contributed by atoms with van der Waals surface area (Å²) < 4.78 is 68.2. The second-order valence-corrected chi connectivity index (χ2v) is 22.8. The molecule has 21 heteroatoms. The monoisotopic (exact) mass is 1060 g/mol. The fourth-order valence-corrected chi connectivity index (χ4v) is 12.5. The van der Waals surface area contributed by atoms with Crippen LogP contribution in [0.2, 0.25) is 0 Å². The number of ether oxygens (including phenoxy) is 8. The van der Waals surface area contributed by atoms with Crippen LogP contribution in [0.15, 0.2) is 36.7 Å². The predicted octanol–water partition coefficient (Wildman–Crippen LogP) is 5.85. The first-order valence-corrected chi connectivity index (χ1v) is 26.9.